The van der Waals surface area contributed by atoms with Crippen LogP contribution in [0.4, 0.5) is 0 Å². The van der Waals surface area contributed by atoms with Gasteiger partial charge >= 0.3 is 0 Å². The number of nitrogens with one attached hydrogen (secondary N) is 1. The molecule has 2 atom stereocenters. The van der Waals surface area contributed by atoms with Gasteiger partial charge in [-0.05, 0) is 56.2 Å². The molecule has 0 radical (unpaired) electrons. The lowest BCUT2D eigenvalue weighted by Gasteiger charge is -2.27. The van der Waals surface area contributed by atoms with Crippen molar-refractivity contribution in [2.24, 2.45) is 0 Å². The van der Waals surface area contributed by atoms with E-state index in [1.54, 1.807) is 6.92 Å². The molecule has 5 nitrogen and oxygen atoms in total. The first-order valence-electron chi connectivity index (χ1n) is 8.53. The van der Waals surface area contributed by atoms with Crippen LogP contribution in [0.3, 0.4) is 0 Å². The van der Waals surface area contributed by atoms with Crippen LogP contribution in [0, 0.1) is 13.8 Å². The lowest BCUT2D eigenvalue weighted by molar-refractivity contribution is -0.127. The number of carbonyl (C=O) groups excluding carboxylic acids is 1. The van der Waals surface area contributed by atoms with Crippen molar-refractivity contribution in [3.05, 3.63) is 52.5 Å². The Hall–Kier alpha value is -2.40. The summed E-state index contributed by atoms with van der Waals surface area (Å²) < 4.78 is 17.2. The SMILES string of the molecule is Cc1cc(OC(C)C(=O)NCC2COc3ccccc3O2)cc(C)c1Cl. The fourth-order valence-electron chi connectivity index (χ4n) is 2.75. The molecule has 0 fully saturated rings. The Morgan fingerprint density at radius 1 is 1.27 bits per heavy atom. The van der Waals surface area contributed by atoms with Crippen molar-refractivity contribution in [1.82, 2.24) is 5.32 Å². The van der Waals surface area contributed by atoms with Crippen LogP contribution in [0.25, 0.3) is 0 Å². The van der Waals surface area contributed by atoms with Crippen molar-refractivity contribution in [3.8, 4) is 17.2 Å². The summed E-state index contributed by atoms with van der Waals surface area (Å²) in [7, 11) is 0. The molecular weight excluding hydrogens is 354 g/mol. The van der Waals surface area contributed by atoms with E-state index >= 15 is 0 Å². The standard InChI is InChI=1S/C20H22ClNO4/c1-12-8-15(9-13(2)19(12)21)25-14(3)20(23)22-10-16-11-24-17-6-4-5-7-18(17)26-16/h4-9,14,16H,10-11H2,1-3H3,(H,22,23). The third kappa shape index (κ3) is 4.22. The highest BCUT2D eigenvalue weighted by molar-refractivity contribution is 6.32. The fourth-order valence-corrected chi connectivity index (χ4v) is 2.86. The second-order valence-electron chi connectivity index (χ2n) is 6.37. The van der Waals surface area contributed by atoms with E-state index in [9.17, 15) is 4.79 Å². The predicted molar refractivity (Wildman–Crippen MR) is 100 cm³/mol. The molecule has 1 N–H and O–H groups in total. The van der Waals surface area contributed by atoms with Crippen molar-refractivity contribution in [2.75, 3.05) is 13.2 Å². The average Bonchev–Trinajstić information content (AvgIpc) is 2.63. The average molecular weight is 376 g/mol. The van der Waals surface area contributed by atoms with E-state index in [0.29, 0.717) is 29.7 Å². The van der Waals surface area contributed by atoms with Crippen LogP contribution in [0.2, 0.25) is 5.02 Å². The van der Waals surface area contributed by atoms with Crippen LogP contribution in [0.15, 0.2) is 36.4 Å². The van der Waals surface area contributed by atoms with Crippen LogP contribution in [-0.4, -0.2) is 31.3 Å². The molecule has 0 aromatic heterocycles. The normalized spacial score (nSPS) is 16.7. The van der Waals surface area contributed by atoms with Crippen molar-refractivity contribution >= 4 is 17.5 Å². The van der Waals surface area contributed by atoms with Gasteiger partial charge < -0.3 is 19.5 Å². The molecule has 2 unspecified atom stereocenters. The van der Waals surface area contributed by atoms with E-state index in [0.717, 1.165) is 16.9 Å². The molecule has 1 aliphatic heterocycles. The van der Waals surface area contributed by atoms with E-state index in [2.05, 4.69) is 5.32 Å². The molecule has 0 bridgehead atoms. The number of fused-ring (bicyclic) bond motifs is 1. The minimum absolute atomic E-state index is 0.210. The molecule has 1 amide bonds. The summed E-state index contributed by atoms with van der Waals surface area (Å²) in [5.41, 5.74) is 1.83. The van der Waals surface area contributed by atoms with Crippen LogP contribution in [0.5, 0.6) is 17.2 Å². The molecule has 1 aliphatic rings. The van der Waals surface area contributed by atoms with Gasteiger partial charge in [0.25, 0.3) is 5.91 Å². The van der Waals surface area contributed by atoms with Crippen molar-refractivity contribution in [3.63, 3.8) is 0 Å². The molecule has 0 saturated heterocycles. The number of carbonyl (C=O) groups is 1. The Kier molecular flexibility index (Phi) is 5.57. The lowest BCUT2D eigenvalue weighted by atomic mass is 10.1. The van der Waals surface area contributed by atoms with Crippen molar-refractivity contribution in [1.29, 1.82) is 0 Å². The molecule has 2 aromatic carbocycles. The van der Waals surface area contributed by atoms with Gasteiger partial charge in [0.2, 0.25) is 0 Å². The molecule has 26 heavy (non-hydrogen) atoms. The van der Waals surface area contributed by atoms with Gasteiger partial charge in [-0.1, -0.05) is 23.7 Å². The Bertz CT molecular complexity index is 785. The van der Waals surface area contributed by atoms with Crippen molar-refractivity contribution in [2.45, 2.75) is 33.0 Å². The number of hydrogen-bond acceptors (Lipinski definition) is 4. The smallest absolute Gasteiger partial charge is 0.260 e. The molecule has 1 heterocycles. The van der Waals surface area contributed by atoms with Gasteiger partial charge in [0.05, 0.1) is 6.54 Å². The van der Waals surface area contributed by atoms with E-state index in [1.165, 1.54) is 0 Å². The summed E-state index contributed by atoms with van der Waals surface area (Å²) in [6, 6.07) is 11.1. The molecule has 0 aliphatic carbocycles. The first kappa shape index (κ1) is 18.4. The number of benzene rings is 2. The van der Waals surface area contributed by atoms with E-state index < -0.39 is 6.10 Å². The van der Waals surface area contributed by atoms with Gasteiger partial charge in [-0.15, -0.1) is 0 Å². The Labute approximate surface area is 158 Å². The minimum Gasteiger partial charge on any atom is -0.486 e. The quantitative estimate of drug-likeness (QED) is 0.866. The molecule has 138 valence electrons. The number of ether oxygens (including phenoxy) is 3. The number of aryl methyl sites for hydroxylation is 2. The Balaban J connectivity index is 1.52. The number of para-hydroxylation sites is 2. The third-order valence-electron chi connectivity index (χ3n) is 4.16. The maximum absolute atomic E-state index is 12.3. The summed E-state index contributed by atoms with van der Waals surface area (Å²) >= 11 is 6.16. The number of hydrogen-bond donors (Lipinski definition) is 1. The lowest BCUT2D eigenvalue weighted by Crippen LogP contribution is -2.44. The maximum Gasteiger partial charge on any atom is 0.260 e. The predicted octanol–water partition coefficient (Wildman–Crippen LogP) is 3.68. The van der Waals surface area contributed by atoms with E-state index in [-0.39, 0.29) is 12.0 Å². The first-order valence-corrected chi connectivity index (χ1v) is 8.91. The second kappa shape index (κ2) is 7.87. The first-order chi connectivity index (χ1) is 12.4. The summed E-state index contributed by atoms with van der Waals surface area (Å²) in [5, 5.41) is 3.56. The van der Waals surface area contributed by atoms with E-state index in [4.69, 9.17) is 25.8 Å². The van der Waals surface area contributed by atoms with Gasteiger partial charge in [-0.25, -0.2) is 0 Å². The van der Waals surface area contributed by atoms with Crippen LogP contribution in [-0.2, 0) is 4.79 Å². The molecule has 3 rings (SSSR count). The molecule has 6 heteroatoms. The van der Waals surface area contributed by atoms with Crippen LogP contribution in [0.1, 0.15) is 18.1 Å². The highest BCUT2D eigenvalue weighted by Gasteiger charge is 2.23. The monoisotopic (exact) mass is 375 g/mol. The summed E-state index contributed by atoms with van der Waals surface area (Å²) in [6.45, 7) is 6.26. The van der Waals surface area contributed by atoms with E-state index in [1.807, 2.05) is 50.2 Å². The van der Waals surface area contributed by atoms with Gasteiger partial charge in [0.15, 0.2) is 17.6 Å². The highest BCUT2D eigenvalue weighted by atomic mass is 35.5. The number of rotatable bonds is 5. The summed E-state index contributed by atoms with van der Waals surface area (Å²) in [5.74, 6) is 1.82. The highest BCUT2D eigenvalue weighted by Crippen LogP contribution is 2.30. The Morgan fingerprint density at radius 2 is 1.92 bits per heavy atom. The molecule has 0 spiro atoms. The topological polar surface area (TPSA) is 56.8 Å². The summed E-state index contributed by atoms with van der Waals surface area (Å²) in [6.07, 6.45) is -0.868. The third-order valence-corrected chi connectivity index (χ3v) is 4.76. The van der Waals surface area contributed by atoms with Gasteiger partial charge in [-0.3, -0.25) is 4.79 Å². The van der Waals surface area contributed by atoms with Crippen LogP contribution >= 0.6 is 11.6 Å². The number of halogens is 1. The zero-order valence-electron chi connectivity index (χ0n) is 15.0. The van der Waals surface area contributed by atoms with Crippen LogP contribution < -0.4 is 19.5 Å². The largest absolute Gasteiger partial charge is 0.486 e. The maximum atomic E-state index is 12.3. The Morgan fingerprint density at radius 3 is 2.62 bits per heavy atom. The fraction of sp³-hybridized carbons (Fsp3) is 0.350. The van der Waals surface area contributed by atoms with Gasteiger partial charge in [-0.2, -0.15) is 0 Å². The molecule has 2 aromatic rings. The molecular formula is C20H22ClNO4. The summed E-state index contributed by atoms with van der Waals surface area (Å²) in [4.78, 5) is 12.3. The van der Waals surface area contributed by atoms with Gasteiger partial charge in [0.1, 0.15) is 18.5 Å². The zero-order chi connectivity index (χ0) is 18.7. The minimum atomic E-state index is -0.633. The second-order valence-corrected chi connectivity index (χ2v) is 6.75. The number of amides is 1. The zero-order valence-corrected chi connectivity index (χ0v) is 15.8. The molecule has 0 saturated carbocycles. The van der Waals surface area contributed by atoms with Gasteiger partial charge in [0, 0.05) is 5.02 Å². The van der Waals surface area contributed by atoms with Crippen molar-refractivity contribution < 1.29 is 19.0 Å².